The van der Waals surface area contributed by atoms with Gasteiger partial charge >= 0.3 is 5.97 Å². The third-order valence-electron chi connectivity index (χ3n) is 3.37. The van der Waals surface area contributed by atoms with Crippen LogP contribution in [0.3, 0.4) is 0 Å². The van der Waals surface area contributed by atoms with E-state index in [0.717, 1.165) is 5.56 Å². The first-order valence-corrected chi connectivity index (χ1v) is 7.17. The van der Waals surface area contributed by atoms with Gasteiger partial charge in [0, 0.05) is 19.7 Å². The number of benzene rings is 2. The van der Waals surface area contributed by atoms with Gasteiger partial charge < -0.3 is 14.7 Å². The quantitative estimate of drug-likeness (QED) is 0.881. The van der Waals surface area contributed by atoms with Gasteiger partial charge in [0.2, 0.25) is 6.10 Å². The molecule has 0 aromatic heterocycles. The number of ether oxygens (including phenoxy) is 1. The number of likely N-dealkylation sites (N-methyl/N-ethyl adjacent to an activating group) is 1. The van der Waals surface area contributed by atoms with E-state index in [-0.39, 0.29) is 17.2 Å². The summed E-state index contributed by atoms with van der Waals surface area (Å²) < 4.78 is 5.38. The minimum Gasteiger partial charge on any atom is -0.507 e. The summed E-state index contributed by atoms with van der Waals surface area (Å²) in [6, 6.07) is 13.4. The average Bonchev–Trinajstić information content (AvgIpc) is 2.52. The molecule has 2 aromatic rings. The summed E-state index contributed by atoms with van der Waals surface area (Å²) >= 11 is 0. The summed E-state index contributed by atoms with van der Waals surface area (Å²) in [6.45, 7) is 1.80. The normalized spacial score (nSPS) is 11.6. The Kier molecular flexibility index (Phi) is 5.01. The molecule has 0 unspecified atom stereocenters. The van der Waals surface area contributed by atoms with Gasteiger partial charge in [-0.1, -0.05) is 36.4 Å². The number of amides is 1. The second-order valence-electron chi connectivity index (χ2n) is 5.45. The van der Waals surface area contributed by atoms with Gasteiger partial charge in [-0.2, -0.15) is 0 Å². The lowest BCUT2D eigenvalue weighted by Crippen LogP contribution is -2.31. The molecule has 23 heavy (non-hydrogen) atoms. The summed E-state index contributed by atoms with van der Waals surface area (Å²) in [5, 5.41) is 9.90. The smallest absolute Gasteiger partial charge is 0.343 e. The molecule has 5 nitrogen and oxygen atoms in total. The number of aryl methyl sites for hydroxylation is 1. The summed E-state index contributed by atoms with van der Waals surface area (Å²) in [4.78, 5) is 26.0. The largest absolute Gasteiger partial charge is 0.507 e. The first-order chi connectivity index (χ1) is 10.9. The number of phenolic OH excluding ortho intramolecular Hbond substituents is 1. The highest BCUT2D eigenvalue weighted by Crippen LogP contribution is 2.25. The zero-order valence-corrected chi connectivity index (χ0v) is 13.3. The van der Waals surface area contributed by atoms with E-state index in [2.05, 4.69) is 0 Å². The van der Waals surface area contributed by atoms with Crippen LogP contribution in [0.4, 0.5) is 0 Å². The molecular formula is C18H19NO4. The number of carbonyl (C=O) groups excluding carboxylic acids is 2. The van der Waals surface area contributed by atoms with Crippen LogP contribution in [0.15, 0.2) is 48.5 Å². The Morgan fingerprint density at radius 1 is 1.09 bits per heavy atom. The lowest BCUT2D eigenvalue weighted by atomic mass is 10.1. The SMILES string of the molecule is Cc1ccc(C(=O)O[C@@H](C(=O)N(C)C)c2ccccc2)c(O)c1. The molecule has 0 aliphatic heterocycles. The minimum atomic E-state index is -1.06. The van der Waals surface area contributed by atoms with Crippen LogP contribution >= 0.6 is 0 Å². The third-order valence-corrected chi connectivity index (χ3v) is 3.37. The Balaban J connectivity index is 2.30. The number of aromatic hydroxyl groups is 1. The van der Waals surface area contributed by atoms with E-state index in [4.69, 9.17) is 4.74 Å². The molecule has 1 N–H and O–H groups in total. The lowest BCUT2D eigenvalue weighted by Gasteiger charge is -2.21. The molecular weight excluding hydrogens is 294 g/mol. The fourth-order valence-electron chi connectivity index (χ4n) is 2.11. The van der Waals surface area contributed by atoms with E-state index in [1.165, 1.54) is 17.0 Å². The molecule has 0 fully saturated rings. The molecule has 0 saturated heterocycles. The molecule has 0 saturated carbocycles. The summed E-state index contributed by atoms with van der Waals surface area (Å²) in [6.07, 6.45) is -1.06. The van der Waals surface area contributed by atoms with Crippen LogP contribution in [0.5, 0.6) is 5.75 Å². The van der Waals surface area contributed by atoms with Crippen LogP contribution < -0.4 is 0 Å². The number of rotatable bonds is 4. The number of esters is 1. The number of hydrogen-bond acceptors (Lipinski definition) is 4. The van der Waals surface area contributed by atoms with Gasteiger partial charge in [-0.25, -0.2) is 4.79 Å². The molecule has 120 valence electrons. The predicted octanol–water partition coefficient (Wildman–Crippen LogP) is 2.69. The van der Waals surface area contributed by atoms with E-state index in [0.29, 0.717) is 5.56 Å². The standard InChI is InChI=1S/C18H19NO4/c1-12-9-10-14(15(20)11-12)18(22)23-16(17(21)19(2)3)13-7-5-4-6-8-13/h4-11,16,20H,1-3H3/t16-/m1/s1. The topological polar surface area (TPSA) is 66.8 Å². The fourth-order valence-corrected chi connectivity index (χ4v) is 2.11. The van der Waals surface area contributed by atoms with Crippen LogP contribution in [0, 0.1) is 6.92 Å². The monoisotopic (exact) mass is 313 g/mol. The van der Waals surface area contributed by atoms with Crippen LogP contribution in [-0.2, 0) is 9.53 Å². The van der Waals surface area contributed by atoms with E-state index < -0.39 is 12.1 Å². The van der Waals surface area contributed by atoms with Crippen molar-refractivity contribution in [3.63, 3.8) is 0 Å². The summed E-state index contributed by atoms with van der Waals surface area (Å²) in [5.41, 5.74) is 1.43. The van der Waals surface area contributed by atoms with Crippen LogP contribution in [0.2, 0.25) is 0 Å². The van der Waals surface area contributed by atoms with Crippen molar-refractivity contribution in [2.75, 3.05) is 14.1 Å². The minimum absolute atomic E-state index is 0.0306. The second kappa shape index (κ2) is 6.96. The maximum Gasteiger partial charge on any atom is 0.343 e. The zero-order valence-electron chi connectivity index (χ0n) is 13.3. The molecule has 1 atom stereocenters. The Labute approximate surface area is 135 Å². The molecule has 0 heterocycles. The average molecular weight is 313 g/mol. The van der Waals surface area contributed by atoms with Gasteiger partial charge in [-0.15, -0.1) is 0 Å². The highest BCUT2D eigenvalue weighted by Gasteiger charge is 2.27. The maximum absolute atomic E-state index is 12.3. The molecule has 2 rings (SSSR count). The van der Waals surface area contributed by atoms with Crippen molar-refractivity contribution in [3.05, 3.63) is 65.2 Å². The Morgan fingerprint density at radius 2 is 1.74 bits per heavy atom. The number of phenols is 1. The maximum atomic E-state index is 12.3. The lowest BCUT2D eigenvalue weighted by molar-refractivity contribution is -0.138. The van der Waals surface area contributed by atoms with E-state index in [1.807, 2.05) is 6.07 Å². The summed E-state index contributed by atoms with van der Waals surface area (Å²) in [5.74, 6) is -1.26. The van der Waals surface area contributed by atoms with Crippen LogP contribution in [0.1, 0.15) is 27.6 Å². The van der Waals surface area contributed by atoms with Gasteiger partial charge in [0.25, 0.3) is 5.91 Å². The highest BCUT2D eigenvalue weighted by molar-refractivity contribution is 5.95. The van der Waals surface area contributed by atoms with Gasteiger partial charge in [0.05, 0.1) is 0 Å². The van der Waals surface area contributed by atoms with Crippen molar-refractivity contribution in [2.24, 2.45) is 0 Å². The Hall–Kier alpha value is -2.82. The van der Waals surface area contributed by atoms with Crippen molar-refractivity contribution in [2.45, 2.75) is 13.0 Å². The van der Waals surface area contributed by atoms with Crippen molar-refractivity contribution in [3.8, 4) is 5.75 Å². The van der Waals surface area contributed by atoms with Crippen LogP contribution in [0.25, 0.3) is 0 Å². The number of nitrogens with zero attached hydrogens (tertiary/aromatic N) is 1. The highest BCUT2D eigenvalue weighted by atomic mass is 16.5. The molecule has 5 heteroatoms. The Bertz CT molecular complexity index is 710. The first-order valence-electron chi connectivity index (χ1n) is 7.17. The molecule has 0 bridgehead atoms. The van der Waals surface area contributed by atoms with E-state index >= 15 is 0 Å². The van der Waals surface area contributed by atoms with Crippen molar-refractivity contribution >= 4 is 11.9 Å². The van der Waals surface area contributed by atoms with Crippen molar-refractivity contribution < 1.29 is 19.4 Å². The van der Waals surface area contributed by atoms with Gasteiger partial charge in [0.1, 0.15) is 11.3 Å². The Morgan fingerprint density at radius 3 is 2.30 bits per heavy atom. The van der Waals surface area contributed by atoms with E-state index in [1.54, 1.807) is 51.4 Å². The first kappa shape index (κ1) is 16.5. The predicted molar refractivity (Wildman–Crippen MR) is 86.1 cm³/mol. The fraction of sp³-hybridized carbons (Fsp3) is 0.222. The van der Waals surface area contributed by atoms with Crippen molar-refractivity contribution in [1.29, 1.82) is 0 Å². The molecule has 0 radical (unpaired) electrons. The zero-order chi connectivity index (χ0) is 17.0. The second-order valence-corrected chi connectivity index (χ2v) is 5.45. The van der Waals surface area contributed by atoms with Gasteiger partial charge in [-0.05, 0) is 24.6 Å². The van der Waals surface area contributed by atoms with Crippen LogP contribution in [-0.4, -0.2) is 36.0 Å². The van der Waals surface area contributed by atoms with E-state index in [9.17, 15) is 14.7 Å². The summed E-state index contributed by atoms with van der Waals surface area (Å²) in [7, 11) is 3.19. The molecule has 0 aliphatic carbocycles. The number of carbonyl (C=O) groups is 2. The molecule has 0 spiro atoms. The van der Waals surface area contributed by atoms with Gasteiger partial charge in [0.15, 0.2) is 0 Å². The van der Waals surface area contributed by atoms with Crippen molar-refractivity contribution in [1.82, 2.24) is 4.90 Å². The number of hydrogen-bond donors (Lipinski definition) is 1. The van der Waals surface area contributed by atoms with Gasteiger partial charge in [-0.3, -0.25) is 4.79 Å². The molecule has 0 aliphatic rings. The molecule has 2 aromatic carbocycles. The molecule has 1 amide bonds. The third kappa shape index (κ3) is 3.88.